The van der Waals surface area contributed by atoms with E-state index in [9.17, 15) is 8.94 Å². The van der Waals surface area contributed by atoms with Crippen LogP contribution in [0.15, 0.2) is 34.3 Å². The second-order valence-corrected chi connectivity index (χ2v) is 5.53. The molecule has 1 unspecified atom stereocenters. The molecule has 0 fully saturated rings. The summed E-state index contributed by atoms with van der Waals surface area (Å²) in [5, 5.41) is 3.38. The summed E-state index contributed by atoms with van der Waals surface area (Å²) in [4.78, 5) is 3.33. The van der Waals surface area contributed by atoms with Crippen molar-refractivity contribution in [3.63, 3.8) is 0 Å². The Bertz CT molecular complexity index is 437. The minimum atomic E-state index is -1.03. The van der Waals surface area contributed by atoms with Crippen molar-refractivity contribution in [2.24, 2.45) is 5.11 Å². The lowest BCUT2D eigenvalue weighted by atomic mass is 10.0. The van der Waals surface area contributed by atoms with Gasteiger partial charge in [-0.1, -0.05) is 17.2 Å². The molecule has 1 rings (SSSR count). The van der Waals surface area contributed by atoms with Gasteiger partial charge in [0.25, 0.3) is 0 Å². The molecule has 0 amide bonds. The lowest BCUT2D eigenvalue weighted by molar-refractivity contribution is 0.0721. The fourth-order valence-corrected chi connectivity index (χ4v) is 2.50. The maximum Gasteiger partial charge on any atom is 0.152 e. The lowest BCUT2D eigenvalue weighted by Crippen LogP contribution is -2.20. The summed E-state index contributed by atoms with van der Waals surface area (Å²) in [6, 6.07) is 5.95. The number of hydrogen-bond acceptors (Lipinski definition) is 3. The normalized spacial score (nSPS) is 15.4. The fourth-order valence-electron chi connectivity index (χ4n) is 1.73. The lowest BCUT2D eigenvalue weighted by Gasteiger charge is -2.20. The molecule has 5 nitrogen and oxygen atoms in total. The molecule has 0 saturated carbocycles. The van der Waals surface area contributed by atoms with Crippen LogP contribution in [0.2, 0.25) is 0 Å². The molecule has 0 aliphatic carbocycles. The molecule has 19 heavy (non-hydrogen) atoms. The Morgan fingerprint density at radius 1 is 1.47 bits per heavy atom. The molecule has 0 N–H and O–H groups in total. The first-order valence-corrected chi connectivity index (χ1v) is 7.11. The van der Waals surface area contributed by atoms with Crippen LogP contribution in [0.5, 0.6) is 0 Å². The Morgan fingerprint density at radius 2 is 2.11 bits per heavy atom. The zero-order valence-electron chi connectivity index (χ0n) is 10.8. The highest BCUT2D eigenvalue weighted by atomic mass is 32.2. The van der Waals surface area contributed by atoms with E-state index >= 15 is 0 Å². The van der Waals surface area contributed by atoms with E-state index in [4.69, 9.17) is 10.3 Å². The van der Waals surface area contributed by atoms with Gasteiger partial charge in [0.2, 0.25) is 0 Å². The van der Waals surface area contributed by atoms with Crippen LogP contribution in [0, 0.1) is 0 Å². The highest BCUT2D eigenvalue weighted by molar-refractivity contribution is 7.91. The van der Waals surface area contributed by atoms with Crippen LogP contribution in [-0.2, 0) is 15.9 Å². The van der Waals surface area contributed by atoms with Crippen LogP contribution < -0.4 is 0 Å². The first-order valence-electron chi connectivity index (χ1n) is 5.79. The average Bonchev–Trinajstić information content (AvgIpc) is 2.46. The van der Waals surface area contributed by atoms with Crippen molar-refractivity contribution >= 4 is 11.2 Å². The zero-order valence-corrected chi connectivity index (χ0v) is 11.6. The third kappa shape index (κ3) is 4.11. The van der Waals surface area contributed by atoms with E-state index in [0.717, 1.165) is 0 Å². The quantitative estimate of drug-likeness (QED) is 0.334. The van der Waals surface area contributed by atoms with E-state index in [-0.39, 0.29) is 0 Å². The smallest absolute Gasteiger partial charge is 0.152 e. The minimum absolute atomic E-state index is 0.541. The maximum atomic E-state index is 12.8. The molecule has 104 valence electrons. The van der Waals surface area contributed by atoms with Crippen LogP contribution in [0.3, 0.4) is 0 Å². The first kappa shape index (κ1) is 15.8. The Morgan fingerprint density at radius 3 is 2.53 bits per heavy atom. The number of benzene rings is 1. The van der Waals surface area contributed by atoms with Crippen molar-refractivity contribution in [2.75, 3.05) is 19.5 Å². The predicted molar refractivity (Wildman–Crippen MR) is 72.1 cm³/mol. The van der Waals surface area contributed by atoms with Gasteiger partial charge in [-0.25, -0.2) is 0 Å². The first-order chi connectivity index (χ1) is 9.17. The summed E-state index contributed by atoms with van der Waals surface area (Å²) in [7, 11) is 1.43. The standard InChI is InChI=1S/C12H16FN3O2S/c1-3-19(17)10-6-4-9(5-7-10)12(18-2)11(8-13)15-16-14/h4-7,11-12H,3,8H2,1-2H3/t11-,12-,19?/m1/s1. The summed E-state index contributed by atoms with van der Waals surface area (Å²) in [6.07, 6.45) is -0.648. The van der Waals surface area contributed by atoms with E-state index < -0.39 is 30.0 Å². The van der Waals surface area contributed by atoms with Crippen molar-refractivity contribution < 1.29 is 13.7 Å². The van der Waals surface area contributed by atoms with Crippen molar-refractivity contribution in [1.29, 1.82) is 0 Å². The van der Waals surface area contributed by atoms with Crippen molar-refractivity contribution in [3.05, 3.63) is 40.3 Å². The number of nitrogens with zero attached hydrogens (tertiary/aromatic N) is 3. The van der Waals surface area contributed by atoms with E-state index in [1.54, 1.807) is 24.3 Å². The Labute approximate surface area is 114 Å². The molecule has 0 aromatic heterocycles. The highest BCUT2D eigenvalue weighted by Gasteiger charge is 2.22. The number of halogens is 1. The summed E-state index contributed by atoms with van der Waals surface area (Å²) in [6.45, 7) is 1.04. The molecule has 1 aromatic rings. The third-order valence-corrected chi connectivity index (χ3v) is 4.02. The van der Waals surface area contributed by atoms with Gasteiger partial charge in [-0.05, 0) is 41.3 Å². The second-order valence-electron chi connectivity index (χ2n) is 3.79. The molecular formula is C12H16FN3O2S. The number of methoxy groups -OCH3 is 1. The topological polar surface area (TPSA) is 81.0 Å². The van der Waals surface area contributed by atoms with Gasteiger partial charge in [-0.2, -0.15) is 0 Å². The maximum absolute atomic E-state index is 12.8. The molecule has 0 saturated heterocycles. The second kappa shape index (κ2) is 8.01. The monoisotopic (exact) mass is 285 g/mol. The third-order valence-electron chi connectivity index (χ3n) is 2.70. The molecule has 1 aromatic carbocycles. The zero-order chi connectivity index (χ0) is 14.3. The van der Waals surface area contributed by atoms with Gasteiger partial charge < -0.3 is 9.29 Å². The summed E-state index contributed by atoms with van der Waals surface area (Å²) < 4.78 is 29.6. The van der Waals surface area contributed by atoms with Gasteiger partial charge in [-0.15, -0.1) is 0 Å². The summed E-state index contributed by atoms with van der Waals surface area (Å²) >= 11 is -1.03. The SMILES string of the molecule is CC[S+]([O-])c1ccc([C@@H](OC)[C@@H](CF)N=[N+]=[N-])cc1. The van der Waals surface area contributed by atoms with Crippen molar-refractivity contribution in [3.8, 4) is 0 Å². The number of rotatable bonds is 7. The van der Waals surface area contributed by atoms with Gasteiger partial charge in [-0.3, -0.25) is 4.39 Å². The highest BCUT2D eigenvalue weighted by Crippen LogP contribution is 2.25. The Hall–Kier alpha value is -1.27. The van der Waals surface area contributed by atoms with E-state index in [0.29, 0.717) is 16.2 Å². The van der Waals surface area contributed by atoms with E-state index in [1.807, 2.05) is 6.92 Å². The number of azide groups is 1. The average molecular weight is 285 g/mol. The van der Waals surface area contributed by atoms with Crippen LogP contribution in [0.4, 0.5) is 4.39 Å². The molecule has 0 heterocycles. The molecule has 0 radical (unpaired) electrons. The molecule has 0 aliphatic heterocycles. The summed E-state index contributed by atoms with van der Waals surface area (Å²) in [5.41, 5.74) is 9.09. The molecule has 3 atom stereocenters. The van der Waals surface area contributed by atoms with Crippen LogP contribution in [-0.4, -0.2) is 30.1 Å². The van der Waals surface area contributed by atoms with Gasteiger partial charge in [0.05, 0.1) is 12.1 Å². The fraction of sp³-hybridized carbons (Fsp3) is 0.500. The molecule has 0 aliphatic rings. The van der Waals surface area contributed by atoms with Gasteiger partial charge >= 0.3 is 0 Å². The number of hydrogen-bond donors (Lipinski definition) is 0. The predicted octanol–water partition coefficient (Wildman–Crippen LogP) is 3.15. The largest absolute Gasteiger partial charge is 0.611 e. The Balaban J connectivity index is 2.96. The number of ether oxygens (including phenoxy) is 1. The van der Waals surface area contributed by atoms with Crippen LogP contribution in [0.25, 0.3) is 10.4 Å². The summed E-state index contributed by atoms with van der Waals surface area (Å²) in [5.74, 6) is 0.541. The molecule has 7 heteroatoms. The van der Waals surface area contributed by atoms with Crippen molar-refractivity contribution in [1.82, 2.24) is 0 Å². The molecule has 0 bridgehead atoms. The van der Waals surface area contributed by atoms with Gasteiger partial charge in [0, 0.05) is 12.0 Å². The van der Waals surface area contributed by atoms with E-state index in [2.05, 4.69) is 10.0 Å². The van der Waals surface area contributed by atoms with Gasteiger partial charge in [0.1, 0.15) is 12.4 Å². The minimum Gasteiger partial charge on any atom is -0.611 e. The molecule has 0 spiro atoms. The van der Waals surface area contributed by atoms with E-state index in [1.165, 1.54) is 7.11 Å². The van der Waals surface area contributed by atoms with Gasteiger partial charge in [0.15, 0.2) is 4.90 Å². The Kier molecular flexibility index (Phi) is 6.66. The molecular weight excluding hydrogens is 269 g/mol. The van der Waals surface area contributed by atoms with Crippen LogP contribution >= 0.6 is 0 Å². The van der Waals surface area contributed by atoms with Crippen molar-refractivity contribution in [2.45, 2.75) is 24.0 Å². The van der Waals surface area contributed by atoms with Crippen LogP contribution in [0.1, 0.15) is 18.6 Å². The number of alkyl halides is 1.